The Labute approximate surface area is 163 Å². The van der Waals surface area contributed by atoms with Crippen molar-refractivity contribution in [1.29, 1.82) is 0 Å². The third-order valence-corrected chi connectivity index (χ3v) is 5.15. The molecule has 138 valence electrons. The number of hydrogen-bond acceptors (Lipinski definition) is 6. The molecule has 27 heavy (non-hydrogen) atoms. The highest BCUT2D eigenvalue weighted by Crippen LogP contribution is 2.36. The molecule has 7 nitrogen and oxygen atoms in total. The van der Waals surface area contributed by atoms with Gasteiger partial charge in [-0.1, -0.05) is 29.8 Å². The second-order valence-electron chi connectivity index (χ2n) is 5.28. The number of rotatable bonds is 5. The smallest absolute Gasteiger partial charge is 0.355 e. The molecule has 1 heterocycles. The Balaban J connectivity index is 1.83. The van der Waals surface area contributed by atoms with Gasteiger partial charge in [-0.15, -0.1) is 11.3 Å². The van der Waals surface area contributed by atoms with Crippen molar-refractivity contribution in [3.05, 3.63) is 57.9 Å². The standard InChI is InChI=1S/C18H14ClN3O4S/c1-25-13-8-10(9-21-22-18(20)24)6-7-12(13)26-17(23)16-15(19)11-4-2-3-5-14(11)27-16/h2-9H,1H3,(H3,20,22,24). The average molecular weight is 404 g/mol. The Bertz CT molecular complexity index is 1050. The van der Waals surface area contributed by atoms with Crippen LogP contribution in [0, 0.1) is 0 Å². The van der Waals surface area contributed by atoms with Crippen LogP contribution < -0.4 is 20.6 Å². The van der Waals surface area contributed by atoms with Crippen molar-refractivity contribution in [3.8, 4) is 11.5 Å². The SMILES string of the molecule is COc1cc(C=NNC(N)=O)ccc1OC(=O)c1sc2ccccc2c1Cl. The van der Waals surface area contributed by atoms with Crippen molar-refractivity contribution in [3.63, 3.8) is 0 Å². The minimum absolute atomic E-state index is 0.232. The van der Waals surface area contributed by atoms with E-state index in [1.165, 1.54) is 24.7 Å². The zero-order valence-electron chi connectivity index (χ0n) is 14.1. The molecule has 9 heteroatoms. The lowest BCUT2D eigenvalue weighted by Crippen LogP contribution is -2.24. The summed E-state index contributed by atoms with van der Waals surface area (Å²) in [5.74, 6) is -0.0176. The average Bonchev–Trinajstić information content (AvgIpc) is 2.99. The Hall–Kier alpha value is -3.10. The van der Waals surface area contributed by atoms with Crippen molar-refractivity contribution >= 4 is 51.2 Å². The number of urea groups is 1. The van der Waals surface area contributed by atoms with Crippen LogP contribution in [0.25, 0.3) is 10.1 Å². The summed E-state index contributed by atoms with van der Waals surface area (Å²) in [5, 5.41) is 4.83. The van der Waals surface area contributed by atoms with Gasteiger partial charge in [0.05, 0.1) is 18.3 Å². The number of benzene rings is 2. The number of hydrogen-bond donors (Lipinski definition) is 2. The van der Waals surface area contributed by atoms with Crippen LogP contribution in [-0.2, 0) is 0 Å². The summed E-state index contributed by atoms with van der Waals surface area (Å²) < 4.78 is 11.6. The van der Waals surface area contributed by atoms with Gasteiger partial charge < -0.3 is 15.2 Å². The Morgan fingerprint density at radius 2 is 2.00 bits per heavy atom. The summed E-state index contributed by atoms with van der Waals surface area (Å²) in [6.07, 6.45) is 1.38. The normalized spacial score (nSPS) is 10.9. The van der Waals surface area contributed by atoms with E-state index >= 15 is 0 Å². The number of primary amides is 1. The largest absolute Gasteiger partial charge is 0.493 e. The fraction of sp³-hybridized carbons (Fsp3) is 0.0556. The number of nitrogens with two attached hydrogens (primary N) is 1. The summed E-state index contributed by atoms with van der Waals surface area (Å²) in [6, 6.07) is 11.5. The molecule has 2 amide bonds. The topological polar surface area (TPSA) is 103 Å². The molecule has 0 unspecified atom stereocenters. The van der Waals surface area contributed by atoms with Crippen LogP contribution in [-0.4, -0.2) is 25.3 Å². The van der Waals surface area contributed by atoms with Crippen molar-refractivity contribution < 1.29 is 19.1 Å². The maximum atomic E-state index is 12.6. The number of amides is 2. The van der Waals surface area contributed by atoms with Gasteiger partial charge in [0.25, 0.3) is 0 Å². The molecule has 1 aromatic heterocycles. The fourth-order valence-electron chi connectivity index (χ4n) is 2.31. The molecule has 0 saturated heterocycles. The molecule has 0 bridgehead atoms. The van der Waals surface area contributed by atoms with Crippen molar-refractivity contribution in [2.75, 3.05) is 7.11 Å². The molecule has 0 fully saturated rings. The second-order valence-corrected chi connectivity index (χ2v) is 6.71. The van der Waals surface area contributed by atoms with Crippen molar-refractivity contribution in [1.82, 2.24) is 5.43 Å². The van der Waals surface area contributed by atoms with E-state index in [1.807, 2.05) is 24.3 Å². The van der Waals surface area contributed by atoms with Gasteiger partial charge in [0.1, 0.15) is 4.88 Å². The van der Waals surface area contributed by atoms with Crippen molar-refractivity contribution in [2.45, 2.75) is 0 Å². The number of ether oxygens (including phenoxy) is 2. The van der Waals surface area contributed by atoms with Gasteiger partial charge in [-0.2, -0.15) is 5.10 Å². The highest BCUT2D eigenvalue weighted by atomic mass is 35.5. The second kappa shape index (κ2) is 8.07. The molecule has 0 aliphatic rings. The van der Waals surface area contributed by atoms with E-state index in [-0.39, 0.29) is 5.75 Å². The van der Waals surface area contributed by atoms with Crippen LogP contribution in [0.4, 0.5) is 4.79 Å². The molecule has 0 aliphatic carbocycles. The quantitative estimate of drug-likeness (QED) is 0.293. The van der Waals surface area contributed by atoms with E-state index in [0.29, 0.717) is 21.2 Å². The first-order valence-electron chi connectivity index (χ1n) is 7.65. The molecule has 0 aliphatic heterocycles. The number of hydrazone groups is 1. The van der Waals surface area contributed by atoms with Gasteiger partial charge in [0.2, 0.25) is 0 Å². The molecule has 3 N–H and O–H groups in total. The number of nitrogens with zero attached hydrogens (tertiary/aromatic N) is 1. The highest BCUT2D eigenvalue weighted by molar-refractivity contribution is 7.21. The summed E-state index contributed by atoms with van der Waals surface area (Å²) in [7, 11) is 1.45. The Morgan fingerprint density at radius 1 is 1.22 bits per heavy atom. The molecule has 3 aromatic rings. The van der Waals surface area contributed by atoms with Crippen molar-refractivity contribution in [2.24, 2.45) is 10.8 Å². The van der Waals surface area contributed by atoms with Gasteiger partial charge in [-0.05, 0) is 29.8 Å². The number of thiophene rings is 1. The first kappa shape index (κ1) is 18.7. The lowest BCUT2D eigenvalue weighted by atomic mass is 10.2. The van der Waals surface area contributed by atoms with Crippen LogP contribution in [0.2, 0.25) is 5.02 Å². The molecule has 0 radical (unpaired) electrons. The maximum Gasteiger partial charge on any atom is 0.355 e. The zero-order chi connectivity index (χ0) is 19.4. The van der Waals surface area contributed by atoms with Crippen LogP contribution in [0.1, 0.15) is 15.2 Å². The number of nitrogens with one attached hydrogen (secondary N) is 1. The first-order chi connectivity index (χ1) is 13.0. The van der Waals surface area contributed by atoms with E-state index in [4.69, 9.17) is 26.8 Å². The molecule has 2 aromatic carbocycles. The summed E-state index contributed by atoms with van der Waals surface area (Å²) in [4.78, 5) is 23.5. The highest BCUT2D eigenvalue weighted by Gasteiger charge is 2.20. The first-order valence-corrected chi connectivity index (χ1v) is 8.85. The fourth-order valence-corrected chi connectivity index (χ4v) is 3.70. The molecule has 3 rings (SSSR count). The van der Waals surface area contributed by atoms with E-state index < -0.39 is 12.0 Å². The molecular formula is C18H14ClN3O4S. The lowest BCUT2D eigenvalue weighted by Gasteiger charge is -2.09. The van der Waals surface area contributed by atoms with E-state index in [0.717, 1.165) is 10.1 Å². The van der Waals surface area contributed by atoms with Gasteiger partial charge in [-0.25, -0.2) is 15.0 Å². The van der Waals surface area contributed by atoms with E-state index in [9.17, 15) is 9.59 Å². The van der Waals surface area contributed by atoms with Gasteiger partial charge >= 0.3 is 12.0 Å². The van der Waals surface area contributed by atoms with E-state index in [1.54, 1.807) is 18.2 Å². The zero-order valence-corrected chi connectivity index (χ0v) is 15.6. The molecule has 0 atom stereocenters. The van der Waals surface area contributed by atoms with Crippen LogP contribution in [0.3, 0.4) is 0 Å². The number of carbonyl (C=O) groups is 2. The third-order valence-electron chi connectivity index (χ3n) is 3.50. The number of halogens is 1. The maximum absolute atomic E-state index is 12.6. The van der Waals surface area contributed by atoms with Crippen LogP contribution >= 0.6 is 22.9 Å². The molecule has 0 spiro atoms. The van der Waals surface area contributed by atoms with Crippen LogP contribution in [0.5, 0.6) is 11.5 Å². The Morgan fingerprint density at radius 3 is 2.70 bits per heavy atom. The molecule has 0 saturated carbocycles. The summed E-state index contributed by atoms with van der Waals surface area (Å²) in [5.41, 5.74) is 7.63. The van der Waals surface area contributed by atoms with Crippen LogP contribution in [0.15, 0.2) is 47.6 Å². The number of methoxy groups -OCH3 is 1. The number of esters is 1. The monoisotopic (exact) mass is 403 g/mol. The van der Waals surface area contributed by atoms with Gasteiger partial charge in [0, 0.05) is 10.1 Å². The minimum Gasteiger partial charge on any atom is -0.493 e. The predicted molar refractivity (Wildman–Crippen MR) is 105 cm³/mol. The summed E-state index contributed by atoms with van der Waals surface area (Å²) >= 11 is 7.58. The lowest BCUT2D eigenvalue weighted by molar-refractivity contribution is 0.0735. The van der Waals surface area contributed by atoms with Gasteiger partial charge in [-0.3, -0.25) is 0 Å². The third kappa shape index (κ3) is 4.18. The number of carbonyl (C=O) groups excluding carboxylic acids is 2. The van der Waals surface area contributed by atoms with Gasteiger partial charge in [0.15, 0.2) is 11.5 Å². The Kier molecular flexibility index (Phi) is 5.58. The minimum atomic E-state index is -0.774. The van der Waals surface area contributed by atoms with E-state index in [2.05, 4.69) is 10.5 Å². The predicted octanol–water partition coefficient (Wildman–Crippen LogP) is 3.78. The summed E-state index contributed by atoms with van der Waals surface area (Å²) in [6.45, 7) is 0. The number of fused-ring (bicyclic) bond motifs is 1. The molecular weight excluding hydrogens is 390 g/mol.